The fourth-order valence-corrected chi connectivity index (χ4v) is 1.25. The van der Waals surface area contributed by atoms with Crippen LogP contribution in [0.15, 0.2) is 0 Å². The third-order valence-electron chi connectivity index (χ3n) is 1.98. The van der Waals surface area contributed by atoms with Gasteiger partial charge in [-0.1, -0.05) is 39.0 Å². The van der Waals surface area contributed by atoms with E-state index in [-0.39, 0.29) is 0 Å². The van der Waals surface area contributed by atoms with Gasteiger partial charge in [-0.05, 0) is 13.3 Å². The second-order valence-corrected chi connectivity index (χ2v) is 4.31. The van der Waals surface area contributed by atoms with Gasteiger partial charge in [-0.3, -0.25) is 0 Å². The summed E-state index contributed by atoms with van der Waals surface area (Å²) >= 11 is 5.87. The molecule has 1 atom stereocenters. The van der Waals surface area contributed by atoms with Crippen LogP contribution < -0.4 is 0 Å². The van der Waals surface area contributed by atoms with Crippen molar-refractivity contribution in [3.63, 3.8) is 0 Å². The lowest BCUT2D eigenvalue weighted by Crippen LogP contribution is -2.12. The Bertz CT molecular complexity index is 146. The van der Waals surface area contributed by atoms with Gasteiger partial charge in [-0.25, -0.2) is 0 Å². The molecule has 0 radical (unpaired) electrons. The minimum atomic E-state index is -0.633. The number of halogens is 1. The average molecular weight is 188 g/mol. The lowest BCUT2D eigenvalue weighted by Gasteiger charge is -2.11. The first-order valence-electron chi connectivity index (χ1n) is 4.72. The van der Waals surface area contributed by atoms with E-state index in [1.165, 1.54) is 25.7 Å². The van der Waals surface area contributed by atoms with Gasteiger partial charge < -0.3 is 0 Å². The van der Waals surface area contributed by atoms with Gasteiger partial charge in [0.1, 0.15) is 4.87 Å². The molecule has 0 aliphatic rings. The fourth-order valence-electron chi connectivity index (χ4n) is 1.12. The zero-order valence-electron chi connectivity index (χ0n) is 8.07. The largest absolute Gasteiger partial charge is 0.196 e. The summed E-state index contributed by atoms with van der Waals surface area (Å²) < 4.78 is 0. The summed E-state index contributed by atoms with van der Waals surface area (Å²) in [5.41, 5.74) is 0. The lowest BCUT2D eigenvalue weighted by atomic mass is 10.0. The first-order chi connectivity index (χ1) is 5.62. The minimum Gasteiger partial charge on any atom is -0.196 e. The van der Waals surface area contributed by atoms with Crippen LogP contribution in [-0.4, -0.2) is 4.87 Å². The van der Waals surface area contributed by atoms with Crippen LogP contribution in [-0.2, 0) is 0 Å². The molecular formula is C10H18ClN. The SMILES string of the molecule is CCCCCCCC(C)(Cl)C#N. The van der Waals surface area contributed by atoms with E-state index in [4.69, 9.17) is 16.9 Å². The Kier molecular flexibility index (Phi) is 6.20. The highest BCUT2D eigenvalue weighted by molar-refractivity contribution is 6.25. The van der Waals surface area contributed by atoms with E-state index in [2.05, 4.69) is 13.0 Å². The first kappa shape index (κ1) is 11.8. The number of hydrogen-bond donors (Lipinski definition) is 0. The first-order valence-corrected chi connectivity index (χ1v) is 5.10. The predicted octanol–water partition coefficient (Wildman–Crippen LogP) is 3.87. The van der Waals surface area contributed by atoms with E-state index in [1.807, 2.05) is 0 Å². The van der Waals surface area contributed by atoms with Crippen LogP contribution in [0.5, 0.6) is 0 Å². The minimum absolute atomic E-state index is 0.633. The van der Waals surface area contributed by atoms with Gasteiger partial charge in [0.05, 0.1) is 6.07 Å². The molecule has 0 bridgehead atoms. The highest BCUT2D eigenvalue weighted by Gasteiger charge is 2.18. The van der Waals surface area contributed by atoms with Crippen molar-refractivity contribution < 1.29 is 0 Å². The molecule has 0 fully saturated rings. The second-order valence-electron chi connectivity index (χ2n) is 3.47. The van der Waals surface area contributed by atoms with E-state index in [9.17, 15) is 0 Å². The molecule has 70 valence electrons. The van der Waals surface area contributed by atoms with Gasteiger partial charge in [0.25, 0.3) is 0 Å². The highest BCUT2D eigenvalue weighted by atomic mass is 35.5. The summed E-state index contributed by atoms with van der Waals surface area (Å²) in [7, 11) is 0. The number of unbranched alkanes of at least 4 members (excludes halogenated alkanes) is 4. The van der Waals surface area contributed by atoms with Gasteiger partial charge in [0, 0.05) is 0 Å². The maximum absolute atomic E-state index is 8.61. The molecule has 2 heteroatoms. The lowest BCUT2D eigenvalue weighted by molar-refractivity contribution is 0.573. The Morgan fingerprint density at radius 3 is 2.33 bits per heavy atom. The molecule has 0 aliphatic carbocycles. The molecule has 0 aliphatic heterocycles. The van der Waals surface area contributed by atoms with E-state index in [1.54, 1.807) is 6.92 Å². The Morgan fingerprint density at radius 1 is 1.25 bits per heavy atom. The van der Waals surface area contributed by atoms with Crippen LogP contribution in [0.3, 0.4) is 0 Å². The Labute approximate surface area is 80.7 Å². The fraction of sp³-hybridized carbons (Fsp3) is 0.900. The maximum Gasteiger partial charge on any atom is 0.128 e. The van der Waals surface area contributed by atoms with Crippen molar-refractivity contribution in [2.24, 2.45) is 0 Å². The normalized spacial score (nSPS) is 15.2. The molecule has 1 unspecified atom stereocenters. The maximum atomic E-state index is 8.61. The number of nitriles is 1. The van der Waals surface area contributed by atoms with Crippen molar-refractivity contribution in [3.8, 4) is 6.07 Å². The van der Waals surface area contributed by atoms with Crippen molar-refractivity contribution >= 4 is 11.6 Å². The number of rotatable bonds is 6. The summed E-state index contributed by atoms with van der Waals surface area (Å²) in [5, 5.41) is 8.61. The third-order valence-corrected chi connectivity index (χ3v) is 2.26. The topological polar surface area (TPSA) is 23.8 Å². The molecule has 0 amide bonds. The van der Waals surface area contributed by atoms with Crippen LogP contribution in [0, 0.1) is 11.3 Å². The van der Waals surface area contributed by atoms with Crippen molar-refractivity contribution in [1.29, 1.82) is 5.26 Å². The molecule has 0 spiro atoms. The molecule has 0 saturated heterocycles. The smallest absolute Gasteiger partial charge is 0.128 e. The number of hydrogen-bond acceptors (Lipinski definition) is 1. The molecule has 0 saturated carbocycles. The zero-order chi connectivity index (χ0) is 9.45. The molecule has 0 aromatic carbocycles. The summed E-state index contributed by atoms with van der Waals surface area (Å²) in [4.78, 5) is -0.633. The molecule has 0 rings (SSSR count). The molecule has 1 nitrogen and oxygen atoms in total. The Morgan fingerprint density at radius 2 is 1.83 bits per heavy atom. The van der Waals surface area contributed by atoms with Crippen LogP contribution in [0.25, 0.3) is 0 Å². The molecule has 12 heavy (non-hydrogen) atoms. The van der Waals surface area contributed by atoms with E-state index in [0.717, 1.165) is 12.8 Å². The van der Waals surface area contributed by atoms with Gasteiger partial charge in [-0.2, -0.15) is 5.26 Å². The standard InChI is InChI=1S/C10H18ClN/c1-3-4-5-6-7-8-10(2,11)9-12/h3-8H2,1-2H3. The Hall–Kier alpha value is -0.220. The van der Waals surface area contributed by atoms with Crippen LogP contribution in [0.4, 0.5) is 0 Å². The molecule has 0 aromatic heterocycles. The Balaban J connectivity index is 3.27. The molecular weight excluding hydrogens is 170 g/mol. The van der Waals surface area contributed by atoms with Gasteiger partial charge >= 0.3 is 0 Å². The van der Waals surface area contributed by atoms with Gasteiger partial charge in [0.2, 0.25) is 0 Å². The van der Waals surface area contributed by atoms with E-state index >= 15 is 0 Å². The average Bonchev–Trinajstić information content (AvgIpc) is 2.04. The molecule has 0 aromatic rings. The summed E-state index contributed by atoms with van der Waals surface area (Å²) in [5.74, 6) is 0. The zero-order valence-corrected chi connectivity index (χ0v) is 8.82. The van der Waals surface area contributed by atoms with Crippen LogP contribution >= 0.6 is 11.6 Å². The van der Waals surface area contributed by atoms with Crippen molar-refractivity contribution in [3.05, 3.63) is 0 Å². The third kappa shape index (κ3) is 6.49. The number of alkyl halides is 1. The van der Waals surface area contributed by atoms with Crippen molar-refractivity contribution in [2.75, 3.05) is 0 Å². The predicted molar refractivity (Wildman–Crippen MR) is 53.2 cm³/mol. The van der Waals surface area contributed by atoms with Gasteiger partial charge in [0.15, 0.2) is 0 Å². The quantitative estimate of drug-likeness (QED) is 0.458. The van der Waals surface area contributed by atoms with Crippen molar-refractivity contribution in [1.82, 2.24) is 0 Å². The van der Waals surface area contributed by atoms with E-state index < -0.39 is 4.87 Å². The molecule has 0 N–H and O–H groups in total. The van der Waals surface area contributed by atoms with Crippen LogP contribution in [0.2, 0.25) is 0 Å². The number of nitrogens with zero attached hydrogens (tertiary/aromatic N) is 1. The molecule has 0 heterocycles. The summed E-state index contributed by atoms with van der Waals surface area (Å²) in [6.07, 6.45) is 6.93. The van der Waals surface area contributed by atoms with Gasteiger partial charge in [-0.15, -0.1) is 11.6 Å². The monoisotopic (exact) mass is 187 g/mol. The van der Waals surface area contributed by atoms with E-state index in [0.29, 0.717) is 0 Å². The summed E-state index contributed by atoms with van der Waals surface area (Å²) in [6.45, 7) is 3.98. The summed E-state index contributed by atoms with van der Waals surface area (Å²) in [6, 6.07) is 2.10. The second kappa shape index (κ2) is 6.31. The highest BCUT2D eigenvalue weighted by Crippen LogP contribution is 2.21. The van der Waals surface area contributed by atoms with Crippen molar-refractivity contribution in [2.45, 2.75) is 57.2 Å². The van der Waals surface area contributed by atoms with Crippen LogP contribution in [0.1, 0.15) is 52.4 Å².